The Bertz CT molecular complexity index is 480. The van der Waals surface area contributed by atoms with Gasteiger partial charge in [-0.15, -0.1) is 0 Å². The maximum atomic E-state index is 10.6. The summed E-state index contributed by atoms with van der Waals surface area (Å²) < 4.78 is 21.2. The van der Waals surface area contributed by atoms with Crippen molar-refractivity contribution in [1.29, 1.82) is 0 Å². The zero-order valence-corrected chi connectivity index (χ0v) is 7.30. The van der Waals surface area contributed by atoms with Crippen LogP contribution in [0.4, 0.5) is 5.95 Å². The minimum Gasteiger partial charge on any atom is -0.768 e. The lowest BCUT2D eigenvalue weighted by Crippen LogP contribution is -1.87. The van der Waals surface area contributed by atoms with Crippen molar-refractivity contribution in [3.05, 3.63) is 18.2 Å². The second-order valence-electron chi connectivity index (χ2n) is 2.54. The number of benzene rings is 1. The molecule has 1 heterocycles. The molecule has 0 amide bonds. The molecular formula is C7H6N3O2S-. The van der Waals surface area contributed by atoms with Gasteiger partial charge >= 0.3 is 0 Å². The van der Waals surface area contributed by atoms with Crippen LogP contribution in [0.5, 0.6) is 0 Å². The molecule has 2 aromatic rings. The summed E-state index contributed by atoms with van der Waals surface area (Å²) in [6.07, 6.45) is 0. The Balaban J connectivity index is 2.67. The summed E-state index contributed by atoms with van der Waals surface area (Å²) in [6.45, 7) is 0. The molecule has 1 unspecified atom stereocenters. The van der Waals surface area contributed by atoms with Crippen LogP contribution >= 0.6 is 0 Å². The van der Waals surface area contributed by atoms with Crippen LogP contribution in [-0.2, 0) is 11.1 Å². The number of aromatic nitrogens is 2. The Hall–Kier alpha value is -1.40. The second-order valence-corrected chi connectivity index (χ2v) is 3.48. The number of fused-ring (bicyclic) bond motifs is 1. The summed E-state index contributed by atoms with van der Waals surface area (Å²) in [7, 11) is 0. The first-order chi connectivity index (χ1) is 6.16. The number of nitrogens with two attached hydrogens (primary N) is 1. The van der Waals surface area contributed by atoms with Crippen LogP contribution < -0.4 is 5.73 Å². The number of imidazole rings is 1. The first-order valence-corrected chi connectivity index (χ1v) is 4.59. The number of hydrogen-bond donors (Lipinski definition) is 2. The Morgan fingerprint density at radius 2 is 2.31 bits per heavy atom. The molecule has 1 aromatic heterocycles. The van der Waals surface area contributed by atoms with E-state index < -0.39 is 11.1 Å². The maximum absolute atomic E-state index is 10.6. The van der Waals surface area contributed by atoms with E-state index in [4.69, 9.17) is 5.73 Å². The summed E-state index contributed by atoms with van der Waals surface area (Å²) in [5.41, 5.74) is 6.68. The quantitative estimate of drug-likeness (QED) is 0.644. The Morgan fingerprint density at radius 1 is 1.54 bits per heavy atom. The van der Waals surface area contributed by atoms with Gasteiger partial charge in [0.15, 0.2) is 5.95 Å². The minimum absolute atomic E-state index is 0.219. The van der Waals surface area contributed by atoms with E-state index in [1.54, 1.807) is 6.07 Å². The molecule has 0 saturated carbocycles. The van der Waals surface area contributed by atoms with Crippen molar-refractivity contribution in [3.63, 3.8) is 0 Å². The van der Waals surface area contributed by atoms with Crippen LogP contribution in [0.1, 0.15) is 0 Å². The summed E-state index contributed by atoms with van der Waals surface area (Å²) >= 11 is -2.21. The van der Waals surface area contributed by atoms with Gasteiger partial charge in [-0.25, -0.2) is 4.98 Å². The third-order valence-corrected chi connectivity index (χ3v) is 2.30. The number of nitrogen functional groups attached to an aromatic ring is 1. The fraction of sp³-hybridized carbons (Fsp3) is 0. The van der Waals surface area contributed by atoms with Crippen LogP contribution in [0.2, 0.25) is 0 Å². The van der Waals surface area contributed by atoms with Gasteiger partial charge in [0, 0.05) is 4.90 Å². The monoisotopic (exact) mass is 196 g/mol. The number of rotatable bonds is 1. The molecule has 0 radical (unpaired) electrons. The number of nitrogens with one attached hydrogen (secondary N) is 1. The standard InChI is InChI=1S/C7H7N3O2S/c8-7-9-5-2-1-4(13(11)12)3-6(5)10-7/h1-3H,(H,11,12)(H3,8,9,10)/p-1. The zero-order chi connectivity index (χ0) is 9.42. The minimum atomic E-state index is -2.21. The average molecular weight is 196 g/mol. The van der Waals surface area contributed by atoms with E-state index in [1.807, 2.05) is 0 Å². The molecule has 6 heteroatoms. The molecule has 0 aliphatic carbocycles. The molecule has 5 nitrogen and oxygen atoms in total. The largest absolute Gasteiger partial charge is 0.768 e. The lowest BCUT2D eigenvalue weighted by molar-refractivity contribution is 0.537. The van der Waals surface area contributed by atoms with E-state index in [1.165, 1.54) is 12.1 Å². The van der Waals surface area contributed by atoms with Gasteiger partial charge in [-0.1, -0.05) is 0 Å². The molecule has 0 fully saturated rings. The molecular weight excluding hydrogens is 190 g/mol. The van der Waals surface area contributed by atoms with Crippen LogP contribution in [0, 0.1) is 0 Å². The number of hydrogen-bond acceptors (Lipinski definition) is 4. The summed E-state index contributed by atoms with van der Waals surface area (Å²) in [5.74, 6) is 0.281. The van der Waals surface area contributed by atoms with Crippen molar-refractivity contribution in [2.45, 2.75) is 4.90 Å². The first kappa shape index (κ1) is 8.21. The molecule has 0 bridgehead atoms. The zero-order valence-electron chi connectivity index (χ0n) is 6.48. The first-order valence-electron chi connectivity index (χ1n) is 3.51. The lowest BCUT2D eigenvalue weighted by atomic mass is 10.3. The van der Waals surface area contributed by atoms with Crippen LogP contribution in [0.25, 0.3) is 11.0 Å². The van der Waals surface area contributed by atoms with E-state index in [9.17, 15) is 8.76 Å². The fourth-order valence-corrected chi connectivity index (χ4v) is 1.51. The van der Waals surface area contributed by atoms with Gasteiger partial charge < -0.3 is 15.3 Å². The van der Waals surface area contributed by atoms with Gasteiger partial charge in [0.05, 0.1) is 11.0 Å². The van der Waals surface area contributed by atoms with Gasteiger partial charge in [-0.05, 0) is 29.3 Å². The van der Waals surface area contributed by atoms with E-state index in [-0.39, 0.29) is 10.8 Å². The molecule has 0 spiro atoms. The highest BCUT2D eigenvalue weighted by Gasteiger charge is 2.00. The third-order valence-electron chi connectivity index (χ3n) is 1.66. The highest BCUT2D eigenvalue weighted by Crippen LogP contribution is 2.15. The van der Waals surface area contributed by atoms with Crippen molar-refractivity contribution in [2.75, 3.05) is 5.73 Å². The van der Waals surface area contributed by atoms with Crippen molar-refractivity contribution < 1.29 is 8.76 Å². The molecule has 2 rings (SSSR count). The molecule has 3 N–H and O–H groups in total. The molecule has 0 aliphatic rings. The molecule has 13 heavy (non-hydrogen) atoms. The molecule has 1 aromatic carbocycles. The van der Waals surface area contributed by atoms with Gasteiger partial charge in [0.1, 0.15) is 0 Å². The SMILES string of the molecule is Nc1nc2ccc(S(=O)[O-])cc2[nH]1. The second kappa shape index (κ2) is 2.82. The van der Waals surface area contributed by atoms with Crippen LogP contribution in [-0.4, -0.2) is 18.7 Å². The predicted molar refractivity (Wildman–Crippen MR) is 47.7 cm³/mol. The third kappa shape index (κ3) is 1.41. The molecule has 1 atom stereocenters. The van der Waals surface area contributed by atoms with Crippen LogP contribution in [0.3, 0.4) is 0 Å². The summed E-state index contributed by atoms with van der Waals surface area (Å²) in [4.78, 5) is 6.90. The Kier molecular flexibility index (Phi) is 1.78. The topological polar surface area (TPSA) is 94.8 Å². The number of H-pyrrole nitrogens is 1. The fourth-order valence-electron chi connectivity index (χ4n) is 1.11. The summed E-state index contributed by atoms with van der Waals surface area (Å²) in [5, 5.41) is 0. The Morgan fingerprint density at radius 3 is 3.00 bits per heavy atom. The maximum Gasteiger partial charge on any atom is 0.198 e. The van der Waals surface area contributed by atoms with Crippen molar-refractivity contribution in [3.8, 4) is 0 Å². The molecule has 0 aliphatic heterocycles. The predicted octanol–water partition coefficient (Wildman–Crippen LogP) is 0.383. The van der Waals surface area contributed by atoms with Crippen LogP contribution in [0.15, 0.2) is 23.1 Å². The van der Waals surface area contributed by atoms with Gasteiger partial charge in [0.2, 0.25) is 0 Å². The molecule has 68 valence electrons. The van der Waals surface area contributed by atoms with E-state index in [0.29, 0.717) is 11.0 Å². The van der Waals surface area contributed by atoms with E-state index in [0.717, 1.165) is 0 Å². The van der Waals surface area contributed by atoms with Gasteiger partial charge in [0.25, 0.3) is 0 Å². The Labute approximate surface area is 76.3 Å². The highest BCUT2D eigenvalue weighted by atomic mass is 32.2. The van der Waals surface area contributed by atoms with Gasteiger partial charge in [-0.2, -0.15) is 0 Å². The smallest absolute Gasteiger partial charge is 0.198 e. The van der Waals surface area contributed by atoms with Crippen molar-refractivity contribution in [1.82, 2.24) is 9.97 Å². The van der Waals surface area contributed by atoms with Gasteiger partial charge in [-0.3, -0.25) is 4.21 Å². The van der Waals surface area contributed by atoms with Crippen molar-refractivity contribution >= 4 is 28.1 Å². The summed E-state index contributed by atoms with van der Waals surface area (Å²) in [6, 6.07) is 4.57. The average Bonchev–Trinajstić information content (AvgIpc) is 2.42. The number of aromatic amines is 1. The van der Waals surface area contributed by atoms with E-state index in [2.05, 4.69) is 9.97 Å². The van der Waals surface area contributed by atoms with E-state index >= 15 is 0 Å². The number of anilines is 1. The lowest BCUT2D eigenvalue weighted by Gasteiger charge is -2.03. The van der Waals surface area contributed by atoms with Crippen molar-refractivity contribution in [2.24, 2.45) is 0 Å². The molecule has 0 saturated heterocycles. The normalized spacial score (nSPS) is 13.3. The highest BCUT2D eigenvalue weighted by molar-refractivity contribution is 7.79. The number of nitrogens with zero attached hydrogens (tertiary/aromatic N) is 1.